The van der Waals surface area contributed by atoms with Gasteiger partial charge in [-0.3, -0.25) is 0 Å². The number of rotatable bonds is 10. The Balaban J connectivity index is 1.47. The van der Waals surface area contributed by atoms with E-state index in [0.717, 1.165) is 43.1 Å². The number of nitrogens with zero attached hydrogens (tertiary/aromatic N) is 2. The van der Waals surface area contributed by atoms with E-state index in [-0.39, 0.29) is 0 Å². The summed E-state index contributed by atoms with van der Waals surface area (Å²) in [5, 5.41) is 3.47. The van der Waals surface area contributed by atoms with Crippen molar-refractivity contribution in [3.63, 3.8) is 0 Å². The number of aryl methyl sites for hydroxylation is 2. The van der Waals surface area contributed by atoms with Crippen LogP contribution in [-0.2, 0) is 19.7 Å². The summed E-state index contributed by atoms with van der Waals surface area (Å²) >= 11 is 0. The van der Waals surface area contributed by atoms with Gasteiger partial charge in [-0.2, -0.15) is 0 Å². The first-order chi connectivity index (χ1) is 13.2. The molecule has 0 saturated carbocycles. The summed E-state index contributed by atoms with van der Waals surface area (Å²) in [6.07, 6.45) is 6.70. The quantitative estimate of drug-likeness (QED) is 0.553. The summed E-state index contributed by atoms with van der Waals surface area (Å²) in [4.78, 5) is 4.05. The predicted molar refractivity (Wildman–Crippen MR) is 107 cm³/mol. The van der Waals surface area contributed by atoms with Gasteiger partial charge < -0.3 is 19.4 Å². The number of hydrogen-bond donors (Lipinski definition) is 1. The maximum Gasteiger partial charge on any atom is 0.161 e. The van der Waals surface area contributed by atoms with Crippen LogP contribution >= 0.6 is 0 Å². The molecule has 5 nitrogen and oxygen atoms in total. The highest BCUT2D eigenvalue weighted by molar-refractivity contribution is 5.43. The fourth-order valence-electron chi connectivity index (χ4n) is 2.82. The first-order valence-electron chi connectivity index (χ1n) is 9.26. The molecular formula is C22H27N3O2. The van der Waals surface area contributed by atoms with Gasteiger partial charge in [0.15, 0.2) is 11.5 Å². The van der Waals surface area contributed by atoms with Crippen molar-refractivity contribution in [2.45, 2.75) is 33.0 Å². The topological polar surface area (TPSA) is 48.3 Å². The molecule has 0 aliphatic heterocycles. The lowest BCUT2D eigenvalue weighted by Crippen LogP contribution is -2.16. The van der Waals surface area contributed by atoms with Gasteiger partial charge in [-0.05, 0) is 43.1 Å². The molecule has 1 N–H and O–H groups in total. The zero-order valence-corrected chi connectivity index (χ0v) is 16.0. The van der Waals surface area contributed by atoms with Crippen molar-refractivity contribution in [3.05, 3.63) is 77.9 Å². The summed E-state index contributed by atoms with van der Waals surface area (Å²) in [6.45, 7) is 5.34. The van der Waals surface area contributed by atoms with Crippen LogP contribution in [0.2, 0.25) is 0 Å². The Hall–Kier alpha value is -2.79. The van der Waals surface area contributed by atoms with E-state index in [1.54, 1.807) is 7.11 Å². The summed E-state index contributed by atoms with van der Waals surface area (Å²) in [5.74, 6) is 1.53. The summed E-state index contributed by atoms with van der Waals surface area (Å²) in [5.41, 5.74) is 3.57. The molecule has 0 bridgehead atoms. The van der Waals surface area contributed by atoms with Gasteiger partial charge in [0, 0.05) is 25.5 Å². The smallest absolute Gasteiger partial charge is 0.161 e. The lowest BCUT2D eigenvalue weighted by atomic mass is 10.1. The van der Waals surface area contributed by atoms with Crippen molar-refractivity contribution < 1.29 is 9.47 Å². The first kappa shape index (κ1) is 19.0. The molecule has 0 aliphatic rings. The molecule has 0 unspecified atom stereocenters. The molecular weight excluding hydrogens is 338 g/mol. The average molecular weight is 365 g/mol. The van der Waals surface area contributed by atoms with Crippen molar-refractivity contribution in [3.8, 4) is 11.5 Å². The van der Waals surface area contributed by atoms with Crippen LogP contribution in [0, 0.1) is 6.92 Å². The zero-order valence-electron chi connectivity index (χ0n) is 16.0. The Morgan fingerprint density at radius 1 is 1.04 bits per heavy atom. The highest BCUT2D eigenvalue weighted by atomic mass is 16.5. The molecule has 142 valence electrons. The second-order valence-electron chi connectivity index (χ2n) is 6.59. The van der Waals surface area contributed by atoms with Gasteiger partial charge in [0.05, 0.1) is 13.4 Å². The van der Waals surface area contributed by atoms with E-state index < -0.39 is 0 Å². The van der Waals surface area contributed by atoms with Crippen LogP contribution in [0.4, 0.5) is 0 Å². The predicted octanol–water partition coefficient (Wildman–Crippen LogP) is 3.96. The van der Waals surface area contributed by atoms with E-state index in [4.69, 9.17) is 9.47 Å². The van der Waals surface area contributed by atoms with E-state index in [0.29, 0.717) is 6.61 Å². The fraction of sp³-hybridized carbons (Fsp3) is 0.318. The van der Waals surface area contributed by atoms with Gasteiger partial charge in [0.2, 0.25) is 0 Å². The van der Waals surface area contributed by atoms with Crippen molar-refractivity contribution in [2.24, 2.45) is 0 Å². The number of imidazole rings is 1. The van der Waals surface area contributed by atoms with Crippen LogP contribution in [0.15, 0.2) is 61.2 Å². The summed E-state index contributed by atoms with van der Waals surface area (Å²) in [7, 11) is 1.68. The lowest BCUT2D eigenvalue weighted by molar-refractivity contribution is 0.284. The highest BCUT2D eigenvalue weighted by Gasteiger charge is 2.06. The number of nitrogens with one attached hydrogen (secondary N) is 1. The number of ether oxygens (including phenoxy) is 2. The third-order valence-electron chi connectivity index (χ3n) is 4.40. The molecule has 5 heteroatoms. The number of methoxy groups -OCH3 is 1. The van der Waals surface area contributed by atoms with Gasteiger partial charge in [0.1, 0.15) is 6.61 Å². The van der Waals surface area contributed by atoms with Crippen molar-refractivity contribution in [1.29, 1.82) is 0 Å². The minimum atomic E-state index is 0.530. The van der Waals surface area contributed by atoms with Gasteiger partial charge in [-0.15, -0.1) is 0 Å². The number of benzene rings is 2. The molecule has 0 spiro atoms. The molecule has 0 fully saturated rings. The molecule has 3 aromatic rings. The molecule has 0 aliphatic carbocycles. The molecule has 1 heterocycles. The van der Waals surface area contributed by atoms with E-state index in [2.05, 4.69) is 52.1 Å². The number of hydrogen-bond acceptors (Lipinski definition) is 4. The second kappa shape index (κ2) is 9.78. The van der Waals surface area contributed by atoms with E-state index in [1.807, 2.05) is 30.9 Å². The third-order valence-corrected chi connectivity index (χ3v) is 4.40. The highest BCUT2D eigenvalue weighted by Crippen LogP contribution is 2.28. The van der Waals surface area contributed by atoms with E-state index in [9.17, 15) is 0 Å². The summed E-state index contributed by atoms with van der Waals surface area (Å²) < 4.78 is 13.5. The fourth-order valence-corrected chi connectivity index (χ4v) is 2.82. The molecule has 2 aromatic carbocycles. The van der Waals surface area contributed by atoms with Gasteiger partial charge in [-0.25, -0.2) is 4.98 Å². The minimum absolute atomic E-state index is 0.530. The standard InChI is InChI=1S/C22H27N3O2/c1-18-4-6-19(7-5-18)16-27-21-9-8-20(14-22(21)26-2)15-23-10-3-12-25-13-11-24-17-25/h4-9,11,13-14,17,23H,3,10,12,15-16H2,1-2H3. The molecule has 27 heavy (non-hydrogen) atoms. The SMILES string of the molecule is COc1cc(CNCCCn2ccnc2)ccc1OCc1ccc(C)cc1. The first-order valence-corrected chi connectivity index (χ1v) is 9.26. The van der Waals surface area contributed by atoms with Crippen LogP contribution in [-0.4, -0.2) is 23.2 Å². The molecule has 0 amide bonds. The Kier molecular flexibility index (Phi) is 6.88. The largest absolute Gasteiger partial charge is 0.493 e. The monoisotopic (exact) mass is 365 g/mol. The Morgan fingerprint density at radius 3 is 2.59 bits per heavy atom. The lowest BCUT2D eigenvalue weighted by Gasteiger charge is -2.13. The van der Waals surface area contributed by atoms with Crippen LogP contribution in [0.1, 0.15) is 23.1 Å². The zero-order chi connectivity index (χ0) is 18.9. The molecule has 0 atom stereocenters. The van der Waals surface area contributed by atoms with Crippen LogP contribution in [0.25, 0.3) is 0 Å². The third kappa shape index (κ3) is 5.86. The number of aromatic nitrogens is 2. The molecule has 0 saturated heterocycles. The van der Waals surface area contributed by atoms with Crippen LogP contribution in [0.3, 0.4) is 0 Å². The second-order valence-corrected chi connectivity index (χ2v) is 6.59. The van der Waals surface area contributed by atoms with Gasteiger partial charge in [-0.1, -0.05) is 35.9 Å². The van der Waals surface area contributed by atoms with Crippen molar-refractivity contribution >= 4 is 0 Å². The maximum absolute atomic E-state index is 5.94. The maximum atomic E-state index is 5.94. The van der Waals surface area contributed by atoms with Gasteiger partial charge in [0.25, 0.3) is 0 Å². The Morgan fingerprint density at radius 2 is 1.85 bits per heavy atom. The van der Waals surface area contributed by atoms with Crippen LogP contribution < -0.4 is 14.8 Å². The van der Waals surface area contributed by atoms with Crippen LogP contribution in [0.5, 0.6) is 11.5 Å². The Bertz CT molecular complexity index is 814. The van der Waals surface area contributed by atoms with E-state index in [1.165, 1.54) is 11.1 Å². The average Bonchev–Trinajstić information content (AvgIpc) is 3.21. The van der Waals surface area contributed by atoms with Gasteiger partial charge >= 0.3 is 0 Å². The van der Waals surface area contributed by atoms with Crippen molar-refractivity contribution in [1.82, 2.24) is 14.9 Å². The summed E-state index contributed by atoms with van der Waals surface area (Å²) in [6, 6.07) is 14.5. The minimum Gasteiger partial charge on any atom is -0.493 e. The molecule has 3 rings (SSSR count). The van der Waals surface area contributed by atoms with Crippen molar-refractivity contribution in [2.75, 3.05) is 13.7 Å². The molecule has 1 aromatic heterocycles. The molecule has 0 radical (unpaired) electrons. The normalized spacial score (nSPS) is 10.7. The Labute approximate surface area is 161 Å². The van der Waals surface area contributed by atoms with E-state index >= 15 is 0 Å².